The van der Waals surface area contributed by atoms with E-state index >= 15 is 0 Å². The van der Waals surface area contributed by atoms with Gasteiger partial charge in [-0.25, -0.2) is 0 Å². The van der Waals surface area contributed by atoms with E-state index in [0.29, 0.717) is 19.0 Å². The molecule has 31 heavy (non-hydrogen) atoms. The van der Waals surface area contributed by atoms with Crippen molar-refractivity contribution in [2.24, 2.45) is 11.8 Å². The first-order chi connectivity index (χ1) is 15.2. The normalized spacial score (nSPS) is 19.6. The van der Waals surface area contributed by atoms with E-state index in [0.717, 1.165) is 56.0 Å². The zero-order valence-corrected chi connectivity index (χ0v) is 17.4. The number of piperidine rings is 1. The Morgan fingerprint density at radius 2 is 1.71 bits per heavy atom. The van der Waals surface area contributed by atoms with Gasteiger partial charge in [-0.2, -0.15) is 5.10 Å². The average molecular weight is 422 g/mol. The Morgan fingerprint density at radius 1 is 0.968 bits per heavy atom. The maximum Gasteiger partial charge on any atom is 0.231 e. The largest absolute Gasteiger partial charge is 0.490 e. The van der Waals surface area contributed by atoms with Gasteiger partial charge >= 0.3 is 0 Å². The van der Waals surface area contributed by atoms with Crippen LogP contribution in [0.15, 0.2) is 42.6 Å². The summed E-state index contributed by atoms with van der Waals surface area (Å²) in [6, 6.07) is 11.3. The highest BCUT2D eigenvalue weighted by Gasteiger charge is 2.35. The number of aromatic nitrogens is 2. The minimum Gasteiger partial charge on any atom is -0.490 e. The van der Waals surface area contributed by atoms with Crippen molar-refractivity contribution >= 4 is 23.3 Å². The van der Waals surface area contributed by atoms with Gasteiger partial charge in [-0.3, -0.25) is 9.59 Å². The molecule has 162 valence electrons. The number of likely N-dealkylation sites (tertiary alicyclic amines) is 1. The summed E-state index contributed by atoms with van der Waals surface area (Å²) >= 11 is 0. The van der Waals surface area contributed by atoms with Crippen LogP contribution in [0.2, 0.25) is 0 Å². The fraction of sp³-hybridized carbons (Fsp3) is 0.478. The van der Waals surface area contributed by atoms with Crippen LogP contribution in [0.5, 0.6) is 5.75 Å². The molecule has 0 unspecified atom stereocenters. The number of hydrogen-bond donors (Lipinski definition) is 1. The van der Waals surface area contributed by atoms with Crippen LogP contribution in [0, 0.1) is 11.8 Å². The lowest BCUT2D eigenvalue weighted by Gasteiger charge is -2.38. The fourth-order valence-corrected chi connectivity index (χ4v) is 4.13. The highest BCUT2D eigenvalue weighted by molar-refractivity contribution is 5.94. The smallest absolute Gasteiger partial charge is 0.231 e. The number of carbonyl (C=O) groups is 2. The average Bonchev–Trinajstić information content (AvgIpc) is 3.60. The molecule has 1 N–H and O–H groups in total. The van der Waals surface area contributed by atoms with E-state index in [1.807, 2.05) is 46.2 Å². The third-order valence-electron chi connectivity index (χ3n) is 6.24. The maximum atomic E-state index is 12.5. The number of hydrogen-bond acceptors (Lipinski definition) is 6. The molecule has 2 aromatic rings. The number of amides is 2. The van der Waals surface area contributed by atoms with Gasteiger partial charge in [0.25, 0.3) is 0 Å². The second-order valence-electron chi connectivity index (χ2n) is 8.61. The number of nitrogens with zero attached hydrogens (tertiary/aromatic N) is 4. The third kappa shape index (κ3) is 4.62. The quantitative estimate of drug-likeness (QED) is 0.770. The van der Waals surface area contributed by atoms with E-state index in [2.05, 4.69) is 15.5 Å². The van der Waals surface area contributed by atoms with E-state index in [4.69, 9.17) is 4.74 Å². The molecule has 1 aromatic heterocycles. The number of carbonyl (C=O) groups excluding carboxylic acids is 2. The Labute approximate surface area is 181 Å². The number of rotatable bonds is 6. The summed E-state index contributed by atoms with van der Waals surface area (Å²) in [6.07, 6.45) is 5.60. The van der Waals surface area contributed by atoms with Gasteiger partial charge in [0.05, 0.1) is 5.92 Å². The Hall–Kier alpha value is -3.16. The molecule has 1 aliphatic carbocycles. The number of ether oxygens (including phenoxy) is 1. The Kier molecular flexibility index (Phi) is 5.44. The van der Waals surface area contributed by atoms with Crippen LogP contribution in [0.25, 0.3) is 0 Å². The van der Waals surface area contributed by atoms with E-state index in [-0.39, 0.29) is 23.8 Å². The van der Waals surface area contributed by atoms with Crippen LogP contribution in [0.3, 0.4) is 0 Å². The zero-order chi connectivity index (χ0) is 21.2. The first-order valence-corrected chi connectivity index (χ1v) is 11.0. The van der Waals surface area contributed by atoms with E-state index in [1.54, 1.807) is 6.20 Å². The minimum absolute atomic E-state index is 0.0153. The highest BCUT2D eigenvalue weighted by atomic mass is 16.5. The van der Waals surface area contributed by atoms with Crippen LogP contribution in [0.1, 0.15) is 25.7 Å². The van der Waals surface area contributed by atoms with Crippen LogP contribution in [0.4, 0.5) is 11.5 Å². The molecule has 3 heterocycles. The van der Waals surface area contributed by atoms with Gasteiger partial charge in [0, 0.05) is 56.8 Å². The minimum atomic E-state index is -0.0542. The summed E-state index contributed by atoms with van der Waals surface area (Å²) in [7, 11) is 0. The molecule has 1 aromatic carbocycles. The van der Waals surface area contributed by atoms with Crippen LogP contribution in [-0.4, -0.2) is 59.2 Å². The van der Waals surface area contributed by atoms with Gasteiger partial charge < -0.3 is 19.9 Å². The molecule has 2 aliphatic heterocycles. The Morgan fingerprint density at radius 3 is 2.35 bits per heavy atom. The molecule has 3 fully saturated rings. The van der Waals surface area contributed by atoms with Gasteiger partial charge in [-0.15, -0.1) is 5.10 Å². The van der Waals surface area contributed by atoms with Crippen molar-refractivity contribution in [3.05, 3.63) is 42.6 Å². The molecule has 2 amide bonds. The van der Waals surface area contributed by atoms with E-state index in [9.17, 15) is 9.59 Å². The molecule has 0 radical (unpaired) electrons. The molecule has 2 saturated heterocycles. The molecule has 0 atom stereocenters. The SMILES string of the molecule is O=C(Nc1ccc(OC2CCN(C(=O)C3CC3)CC2)cc1)C1CN(c2cccnn2)C1. The summed E-state index contributed by atoms with van der Waals surface area (Å²) in [5, 5.41) is 10.9. The van der Waals surface area contributed by atoms with Crippen LogP contribution >= 0.6 is 0 Å². The molecule has 8 nitrogen and oxygen atoms in total. The molecule has 0 bridgehead atoms. The molecule has 5 rings (SSSR count). The second-order valence-corrected chi connectivity index (χ2v) is 8.61. The molecule has 3 aliphatic rings. The Balaban J connectivity index is 1.06. The maximum absolute atomic E-state index is 12.5. The first kappa shape index (κ1) is 19.8. The van der Waals surface area contributed by atoms with Crippen LogP contribution < -0.4 is 15.0 Å². The number of benzene rings is 1. The lowest BCUT2D eigenvalue weighted by Crippen LogP contribution is -2.52. The zero-order valence-electron chi connectivity index (χ0n) is 17.4. The van der Waals surface area contributed by atoms with Gasteiger partial charge in [0.2, 0.25) is 11.8 Å². The predicted octanol–water partition coefficient (Wildman–Crippen LogP) is 2.33. The lowest BCUT2D eigenvalue weighted by molar-refractivity contribution is -0.134. The highest BCUT2D eigenvalue weighted by Crippen LogP contribution is 2.32. The summed E-state index contributed by atoms with van der Waals surface area (Å²) < 4.78 is 6.09. The summed E-state index contributed by atoms with van der Waals surface area (Å²) in [4.78, 5) is 28.7. The monoisotopic (exact) mass is 421 g/mol. The topological polar surface area (TPSA) is 87.7 Å². The van der Waals surface area contributed by atoms with Crippen molar-refractivity contribution < 1.29 is 14.3 Å². The van der Waals surface area contributed by atoms with Gasteiger partial charge in [0.1, 0.15) is 11.9 Å². The van der Waals surface area contributed by atoms with E-state index in [1.165, 1.54) is 0 Å². The van der Waals surface area contributed by atoms with Crippen molar-refractivity contribution in [3.8, 4) is 5.75 Å². The van der Waals surface area contributed by atoms with Crippen molar-refractivity contribution in [2.45, 2.75) is 31.8 Å². The van der Waals surface area contributed by atoms with Crippen molar-refractivity contribution in [2.75, 3.05) is 36.4 Å². The Bertz CT molecular complexity index is 918. The fourth-order valence-electron chi connectivity index (χ4n) is 4.13. The molecule has 8 heteroatoms. The van der Waals surface area contributed by atoms with Crippen LogP contribution in [-0.2, 0) is 9.59 Å². The molecule has 0 spiro atoms. The molecular formula is C23H27N5O3. The number of nitrogens with one attached hydrogen (secondary N) is 1. The van der Waals surface area contributed by atoms with Crippen molar-refractivity contribution in [1.29, 1.82) is 0 Å². The standard InChI is InChI=1S/C23H27N5O3/c29-22(17-14-28(15-17)21-2-1-11-24-26-21)25-18-5-7-19(8-6-18)31-20-9-12-27(13-10-20)23(30)16-3-4-16/h1-2,5-8,11,16-17,20H,3-4,9-10,12-15H2,(H,25,29). The summed E-state index contributed by atoms with van der Waals surface area (Å²) in [5.74, 6) is 2.17. The lowest BCUT2D eigenvalue weighted by atomic mass is 9.99. The first-order valence-electron chi connectivity index (χ1n) is 11.0. The molecular weight excluding hydrogens is 394 g/mol. The van der Waals surface area contributed by atoms with Crippen molar-refractivity contribution in [3.63, 3.8) is 0 Å². The van der Waals surface area contributed by atoms with Gasteiger partial charge in [-0.1, -0.05) is 0 Å². The molecule has 1 saturated carbocycles. The van der Waals surface area contributed by atoms with E-state index < -0.39 is 0 Å². The number of anilines is 2. The third-order valence-corrected chi connectivity index (χ3v) is 6.24. The van der Waals surface area contributed by atoms with Gasteiger partial charge in [-0.05, 0) is 49.2 Å². The van der Waals surface area contributed by atoms with Crippen molar-refractivity contribution in [1.82, 2.24) is 15.1 Å². The summed E-state index contributed by atoms with van der Waals surface area (Å²) in [6.45, 7) is 2.85. The second kappa shape index (κ2) is 8.53. The predicted molar refractivity (Wildman–Crippen MR) is 116 cm³/mol. The van der Waals surface area contributed by atoms with Gasteiger partial charge in [0.15, 0.2) is 5.82 Å². The summed E-state index contributed by atoms with van der Waals surface area (Å²) in [5.41, 5.74) is 0.764.